The monoisotopic (exact) mass is 362 g/mol. The molecule has 2 aliphatic heterocycles. The molecule has 0 saturated carbocycles. The number of likely N-dealkylation sites (tertiary alicyclic amines) is 2. The van der Waals surface area contributed by atoms with Gasteiger partial charge in [0, 0.05) is 0 Å². The fourth-order valence-electron chi connectivity index (χ4n) is 4.75. The lowest BCUT2D eigenvalue weighted by atomic mass is 9.87. The van der Waals surface area contributed by atoms with Crippen LogP contribution in [0.15, 0.2) is 48.5 Å². The van der Waals surface area contributed by atoms with Gasteiger partial charge in [0.2, 0.25) is 0 Å². The Bertz CT molecular complexity index is 720. The van der Waals surface area contributed by atoms with Gasteiger partial charge in [0.15, 0.2) is 0 Å². The Kier molecular flexibility index (Phi) is 5.95. The molecule has 2 aromatic carbocycles. The van der Waals surface area contributed by atoms with Gasteiger partial charge in [0.25, 0.3) is 0 Å². The molecule has 0 aliphatic carbocycles. The average molecular weight is 363 g/mol. The molecule has 2 aromatic rings. The largest absolute Gasteiger partial charge is 0.306 e. The summed E-state index contributed by atoms with van der Waals surface area (Å²) in [5, 5.41) is 0. The summed E-state index contributed by atoms with van der Waals surface area (Å²) in [5.41, 5.74) is 5.75. The highest BCUT2D eigenvalue weighted by molar-refractivity contribution is 5.64. The van der Waals surface area contributed by atoms with Crippen molar-refractivity contribution in [3.8, 4) is 11.1 Å². The molecule has 2 nitrogen and oxygen atoms in total. The van der Waals surface area contributed by atoms with Crippen LogP contribution in [0.1, 0.15) is 42.7 Å². The first-order valence-electron chi connectivity index (χ1n) is 10.7. The summed E-state index contributed by atoms with van der Waals surface area (Å²) >= 11 is 0. The summed E-state index contributed by atoms with van der Waals surface area (Å²) in [6.45, 7) is 4.96. The molecule has 0 amide bonds. The molecule has 2 saturated heterocycles. The van der Waals surface area contributed by atoms with Crippen LogP contribution in [0.2, 0.25) is 0 Å². The Morgan fingerprint density at radius 2 is 1.37 bits per heavy atom. The molecule has 0 spiro atoms. The molecule has 4 rings (SSSR count). The van der Waals surface area contributed by atoms with Crippen LogP contribution in [0, 0.1) is 5.92 Å². The third-order valence-corrected chi connectivity index (χ3v) is 6.73. The molecule has 27 heavy (non-hydrogen) atoms. The van der Waals surface area contributed by atoms with E-state index in [1.165, 1.54) is 80.5 Å². The van der Waals surface area contributed by atoms with Crippen LogP contribution in [0.5, 0.6) is 0 Å². The zero-order valence-corrected chi connectivity index (χ0v) is 17.0. The number of piperidine rings is 2. The van der Waals surface area contributed by atoms with E-state index in [0.717, 1.165) is 11.8 Å². The number of rotatable bonds is 4. The molecular weight excluding hydrogens is 328 g/mol. The van der Waals surface area contributed by atoms with E-state index in [1.54, 1.807) is 0 Å². The van der Waals surface area contributed by atoms with Crippen LogP contribution in [-0.2, 0) is 6.42 Å². The van der Waals surface area contributed by atoms with E-state index in [2.05, 4.69) is 72.4 Å². The highest BCUT2D eigenvalue weighted by atomic mass is 15.1. The highest BCUT2D eigenvalue weighted by Crippen LogP contribution is 2.31. The van der Waals surface area contributed by atoms with Gasteiger partial charge in [-0.1, -0.05) is 48.5 Å². The number of nitrogens with zero attached hydrogens (tertiary/aromatic N) is 2. The lowest BCUT2D eigenvalue weighted by Crippen LogP contribution is -2.30. The lowest BCUT2D eigenvalue weighted by Gasteiger charge is -2.29. The summed E-state index contributed by atoms with van der Waals surface area (Å²) < 4.78 is 0. The summed E-state index contributed by atoms with van der Waals surface area (Å²) in [5.74, 6) is 1.59. The molecule has 2 heteroatoms. The Labute approximate surface area is 165 Å². The molecule has 0 bridgehead atoms. The van der Waals surface area contributed by atoms with Crippen LogP contribution >= 0.6 is 0 Å². The van der Waals surface area contributed by atoms with Crippen LogP contribution < -0.4 is 0 Å². The first-order chi connectivity index (χ1) is 13.2. The van der Waals surface area contributed by atoms with Crippen molar-refractivity contribution < 1.29 is 0 Å². The molecule has 144 valence electrons. The van der Waals surface area contributed by atoms with Crippen LogP contribution in [0.3, 0.4) is 0 Å². The second-order valence-corrected chi connectivity index (χ2v) is 8.85. The maximum Gasteiger partial charge on any atom is -0.00159 e. The van der Waals surface area contributed by atoms with Crippen LogP contribution in [0.25, 0.3) is 11.1 Å². The van der Waals surface area contributed by atoms with Crippen molar-refractivity contribution in [1.82, 2.24) is 9.80 Å². The van der Waals surface area contributed by atoms with E-state index >= 15 is 0 Å². The second kappa shape index (κ2) is 8.58. The number of hydrogen-bond donors (Lipinski definition) is 0. The average Bonchev–Trinajstić information content (AvgIpc) is 2.71. The first-order valence-corrected chi connectivity index (χ1v) is 10.7. The maximum absolute atomic E-state index is 2.46. The van der Waals surface area contributed by atoms with Gasteiger partial charge in [-0.2, -0.15) is 0 Å². The topological polar surface area (TPSA) is 6.48 Å². The second-order valence-electron chi connectivity index (χ2n) is 8.85. The molecule has 0 radical (unpaired) electrons. The Balaban J connectivity index is 1.42. The van der Waals surface area contributed by atoms with E-state index in [-0.39, 0.29) is 0 Å². The fraction of sp³-hybridized carbons (Fsp3) is 0.520. The molecule has 0 N–H and O–H groups in total. The van der Waals surface area contributed by atoms with Crippen molar-refractivity contribution in [2.75, 3.05) is 40.3 Å². The molecule has 2 aliphatic rings. The maximum atomic E-state index is 2.46. The van der Waals surface area contributed by atoms with Crippen molar-refractivity contribution >= 4 is 0 Å². The summed E-state index contributed by atoms with van der Waals surface area (Å²) in [4.78, 5) is 4.90. The normalized spacial score (nSPS) is 20.8. The highest BCUT2D eigenvalue weighted by Gasteiger charge is 2.19. The predicted molar refractivity (Wildman–Crippen MR) is 115 cm³/mol. The zero-order valence-electron chi connectivity index (χ0n) is 17.0. The molecule has 2 heterocycles. The quantitative estimate of drug-likeness (QED) is 0.751. The van der Waals surface area contributed by atoms with Gasteiger partial charge in [-0.25, -0.2) is 0 Å². The molecular formula is C25H34N2. The van der Waals surface area contributed by atoms with E-state index in [9.17, 15) is 0 Å². The van der Waals surface area contributed by atoms with Crippen molar-refractivity contribution in [3.63, 3.8) is 0 Å². The van der Waals surface area contributed by atoms with Gasteiger partial charge >= 0.3 is 0 Å². The van der Waals surface area contributed by atoms with Crippen molar-refractivity contribution in [1.29, 1.82) is 0 Å². The Morgan fingerprint density at radius 1 is 0.741 bits per heavy atom. The SMILES string of the molecule is CN1CCC(Cc2ccc(-c3cccc(C4CCN(C)CC4)c3)cc2)CC1. The van der Waals surface area contributed by atoms with Gasteiger partial charge < -0.3 is 9.80 Å². The first kappa shape index (κ1) is 18.7. The Hall–Kier alpha value is -1.64. The van der Waals surface area contributed by atoms with E-state index in [1.807, 2.05) is 0 Å². The van der Waals surface area contributed by atoms with E-state index in [4.69, 9.17) is 0 Å². The molecule has 0 atom stereocenters. The molecule has 0 aromatic heterocycles. The van der Waals surface area contributed by atoms with Gasteiger partial charge in [-0.3, -0.25) is 0 Å². The Morgan fingerprint density at radius 3 is 2.04 bits per heavy atom. The van der Waals surface area contributed by atoms with E-state index in [0.29, 0.717) is 0 Å². The zero-order chi connectivity index (χ0) is 18.6. The minimum atomic E-state index is 0.727. The molecule has 0 unspecified atom stereocenters. The minimum Gasteiger partial charge on any atom is -0.306 e. The van der Waals surface area contributed by atoms with Gasteiger partial charge in [0.1, 0.15) is 0 Å². The van der Waals surface area contributed by atoms with Crippen LogP contribution in [-0.4, -0.2) is 50.1 Å². The molecule has 2 fully saturated rings. The smallest absolute Gasteiger partial charge is 0.00159 e. The summed E-state index contributed by atoms with van der Waals surface area (Å²) in [6, 6.07) is 18.7. The van der Waals surface area contributed by atoms with Gasteiger partial charge in [-0.05, 0) is 106 Å². The lowest BCUT2D eigenvalue weighted by molar-refractivity contribution is 0.219. The predicted octanol–water partition coefficient (Wildman–Crippen LogP) is 5.05. The third kappa shape index (κ3) is 4.80. The fourth-order valence-corrected chi connectivity index (χ4v) is 4.75. The van der Waals surface area contributed by atoms with Crippen LogP contribution in [0.4, 0.5) is 0 Å². The summed E-state index contributed by atoms with van der Waals surface area (Å²) in [7, 11) is 4.48. The third-order valence-electron chi connectivity index (χ3n) is 6.73. The summed E-state index contributed by atoms with van der Waals surface area (Å²) in [6.07, 6.45) is 6.50. The minimum absolute atomic E-state index is 0.727. The standard InChI is InChI=1S/C25H34N2/c1-26-14-10-21(11-15-26)18-20-6-8-22(9-7-20)24-4-3-5-25(19-24)23-12-16-27(2)17-13-23/h3-9,19,21,23H,10-18H2,1-2H3. The van der Waals surface area contributed by atoms with Gasteiger partial charge in [0.05, 0.1) is 0 Å². The van der Waals surface area contributed by atoms with Gasteiger partial charge in [-0.15, -0.1) is 0 Å². The number of hydrogen-bond acceptors (Lipinski definition) is 2. The van der Waals surface area contributed by atoms with E-state index < -0.39 is 0 Å². The van der Waals surface area contributed by atoms with Crippen molar-refractivity contribution in [3.05, 3.63) is 59.7 Å². The van der Waals surface area contributed by atoms with Crippen molar-refractivity contribution in [2.24, 2.45) is 5.92 Å². The van der Waals surface area contributed by atoms with Crippen molar-refractivity contribution in [2.45, 2.75) is 38.0 Å². The number of benzene rings is 2.